The van der Waals surface area contributed by atoms with Crippen LogP contribution in [0.25, 0.3) is 0 Å². The highest BCUT2D eigenvalue weighted by atomic mass is 32.1. The van der Waals surface area contributed by atoms with Crippen LogP contribution >= 0.6 is 12.2 Å². The second-order valence-corrected chi connectivity index (χ2v) is 5.60. The monoisotopic (exact) mass is 283 g/mol. The maximum atomic E-state index is 5.74. The van der Waals surface area contributed by atoms with Gasteiger partial charge in [0.2, 0.25) is 0 Å². The summed E-state index contributed by atoms with van der Waals surface area (Å²) in [5, 5.41) is 0. The van der Waals surface area contributed by atoms with Gasteiger partial charge in [-0.05, 0) is 36.6 Å². The first-order valence-corrected chi connectivity index (χ1v) is 7.14. The topological polar surface area (TPSA) is 42.1 Å². The number of aromatic nitrogens is 1. The van der Waals surface area contributed by atoms with Gasteiger partial charge in [-0.1, -0.05) is 36.5 Å². The number of thiocarbonyl (C=S) groups is 1. The molecule has 0 spiro atoms. The molecule has 2 aromatic rings. The molecule has 2 N–H and O–H groups in total. The molecule has 1 aromatic heterocycles. The minimum atomic E-state index is 0.425. The fourth-order valence-electron chi connectivity index (χ4n) is 2.65. The molecular formula is C16H17N3S. The van der Waals surface area contributed by atoms with Crippen LogP contribution in [-0.4, -0.2) is 16.5 Å². The first-order valence-electron chi connectivity index (χ1n) is 6.74. The van der Waals surface area contributed by atoms with Crippen LogP contribution in [0.4, 0.5) is 5.82 Å². The predicted molar refractivity (Wildman–Crippen MR) is 86.1 cm³/mol. The van der Waals surface area contributed by atoms with Crippen LogP contribution in [0, 0.1) is 6.92 Å². The Labute approximate surface area is 124 Å². The summed E-state index contributed by atoms with van der Waals surface area (Å²) in [6.45, 7) is 3.84. The lowest BCUT2D eigenvalue weighted by atomic mass is 10.00. The third-order valence-electron chi connectivity index (χ3n) is 3.68. The Morgan fingerprint density at radius 3 is 2.75 bits per heavy atom. The van der Waals surface area contributed by atoms with Crippen molar-refractivity contribution < 1.29 is 0 Å². The van der Waals surface area contributed by atoms with Gasteiger partial charge in [-0.25, -0.2) is 4.98 Å². The number of nitrogens with zero attached hydrogens (tertiary/aromatic N) is 2. The number of aryl methyl sites for hydroxylation is 1. The van der Waals surface area contributed by atoms with E-state index in [0.717, 1.165) is 36.6 Å². The molecule has 2 heterocycles. The summed E-state index contributed by atoms with van der Waals surface area (Å²) < 4.78 is 0. The Kier molecular flexibility index (Phi) is 3.40. The predicted octanol–water partition coefficient (Wildman–Crippen LogP) is 2.59. The third kappa shape index (κ3) is 2.51. The SMILES string of the molecule is Cc1cc(C(N)=S)cc(N2CCc3ccccc3C2)n1. The van der Waals surface area contributed by atoms with Gasteiger partial charge in [-0.15, -0.1) is 0 Å². The quantitative estimate of drug-likeness (QED) is 0.860. The molecule has 3 nitrogen and oxygen atoms in total. The van der Waals surface area contributed by atoms with Crippen LogP contribution in [0.5, 0.6) is 0 Å². The van der Waals surface area contributed by atoms with Crippen molar-refractivity contribution in [3.05, 3.63) is 58.8 Å². The van der Waals surface area contributed by atoms with E-state index in [9.17, 15) is 0 Å². The second kappa shape index (κ2) is 5.21. The first kappa shape index (κ1) is 13.1. The van der Waals surface area contributed by atoms with Crippen molar-refractivity contribution in [3.63, 3.8) is 0 Å². The molecule has 0 radical (unpaired) electrons. The van der Waals surface area contributed by atoms with Gasteiger partial charge in [0.25, 0.3) is 0 Å². The van der Waals surface area contributed by atoms with E-state index >= 15 is 0 Å². The molecule has 0 aliphatic carbocycles. The molecule has 1 aliphatic heterocycles. The van der Waals surface area contributed by atoms with Gasteiger partial charge in [0.05, 0.1) is 0 Å². The Hall–Kier alpha value is -1.94. The van der Waals surface area contributed by atoms with E-state index in [-0.39, 0.29) is 0 Å². The fraction of sp³-hybridized carbons (Fsp3) is 0.250. The van der Waals surface area contributed by atoms with Crippen LogP contribution in [0.1, 0.15) is 22.4 Å². The molecule has 0 amide bonds. The number of fused-ring (bicyclic) bond motifs is 1. The average Bonchev–Trinajstić information content (AvgIpc) is 2.46. The van der Waals surface area contributed by atoms with Crippen molar-refractivity contribution in [1.29, 1.82) is 0 Å². The number of hydrogen-bond acceptors (Lipinski definition) is 3. The van der Waals surface area contributed by atoms with Gasteiger partial charge in [0, 0.05) is 24.3 Å². The molecule has 0 atom stereocenters. The molecule has 0 saturated carbocycles. The van der Waals surface area contributed by atoms with Crippen molar-refractivity contribution in [3.8, 4) is 0 Å². The largest absolute Gasteiger partial charge is 0.389 e. The number of hydrogen-bond donors (Lipinski definition) is 1. The molecule has 4 heteroatoms. The van der Waals surface area contributed by atoms with Crippen LogP contribution in [0.15, 0.2) is 36.4 Å². The van der Waals surface area contributed by atoms with E-state index in [1.165, 1.54) is 11.1 Å². The van der Waals surface area contributed by atoms with E-state index in [2.05, 4.69) is 34.1 Å². The molecule has 0 bridgehead atoms. The third-order valence-corrected chi connectivity index (χ3v) is 3.91. The van der Waals surface area contributed by atoms with Crippen molar-refractivity contribution >= 4 is 23.0 Å². The van der Waals surface area contributed by atoms with Crippen LogP contribution in [0.3, 0.4) is 0 Å². The van der Waals surface area contributed by atoms with Gasteiger partial charge in [-0.3, -0.25) is 0 Å². The van der Waals surface area contributed by atoms with Crippen LogP contribution < -0.4 is 10.6 Å². The van der Waals surface area contributed by atoms with Gasteiger partial charge in [-0.2, -0.15) is 0 Å². The van der Waals surface area contributed by atoms with Crippen LogP contribution in [0.2, 0.25) is 0 Å². The summed E-state index contributed by atoms with van der Waals surface area (Å²) in [6.07, 6.45) is 1.05. The summed E-state index contributed by atoms with van der Waals surface area (Å²) in [7, 11) is 0. The van der Waals surface area contributed by atoms with E-state index in [1.54, 1.807) is 0 Å². The second-order valence-electron chi connectivity index (χ2n) is 5.16. The molecule has 0 unspecified atom stereocenters. The molecule has 3 rings (SSSR count). The number of benzene rings is 1. The van der Waals surface area contributed by atoms with Gasteiger partial charge >= 0.3 is 0 Å². The summed E-state index contributed by atoms with van der Waals surface area (Å²) in [4.78, 5) is 7.34. The molecule has 0 saturated heterocycles. The highest BCUT2D eigenvalue weighted by molar-refractivity contribution is 7.80. The van der Waals surface area contributed by atoms with E-state index < -0.39 is 0 Å². The smallest absolute Gasteiger partial charge is 0.129 e. The average molecular weight is 283 g/mol. The van der Waals surface area contributed by atoms with Crippen molar-refractivity contribution in [1.82, 2.24) is 4.98 Å². The summed E-state index contributed by atoms with van der Waals surface area (Å²) in [6, 6.07) is 12.5. The lowest BCUT2D eigenvalue weighted by molar-refractivity contribution is 0.719. The molecule has 102 valence electrons. The lowest BCUT2D eigenvalue weighted by Crippen LogP contribution is -2.31. The Balaban J connectivity index is 1.93. The minimum Gasteiger partial charge on any atom is -0.389 e. The zero-order valence-electron chi connectivity index (χ0n) is 11.5. The fourth-order valence-corrected chi connectivity index (χ4v) is 2.76. The maximum absolute atomic E-state index is 5.74. The minimum absolute atomic E-state index is 0.425. The van der Waals surface area contributed by atoms with Crippen molar-refractivity contribution in [2.75, 3.05) is 11.4 Å². The summed E-state index contributed by atoms with van der Waals surface area (Å²) in [5.41, 5.74) is 10.4. The Morgan fingerprint density at radius 2 is 2.00 bits per heavy atom. The number of nitrogens with two attached hydrogens (primary N) is 1. The zero-order chi connectivity index (χ0) is 14.1. The summed E-state index contributed by atoms with van der Waals surface area (Å²) >= 11 is 5.08. The first-order chi connectivity index (χ1) is 9.63. The standard InChI is InChI=1S/C16H17N3S/c1-11-8-14(16(17)20)9-15(18-11)19-7-6-12-4-2-3-5-13(12)10-19/h2-5,8-9H,6-7,10H2,1H3,(H2,17,20). The van der Waals surface area contributed by atoms with E-state index in [1.807, 2.05) is 19.1 Å². The van der Waals surface area contributed by atoms with E-state index in [0.29, 0.717) is 4.99 Å². The van der Waals surface area contributed by atoms with Crippen molar-refractivity contribution in [2.24, 2.45) is 5.73 Å². The van der Waals surface area contributed by atoms with E-state index in [4.69, 9.17) is 18.0 Å². The molecule has 1 aliphatic rings. The highest BCUT2D eigenvalue weighted by Crippen LogP contribution is 2.24. The maximum Gasteiger partial charge on any atom is 0.129 e. The van der Waals surface area contributed by atoms with Crippen molar-refractivity contribution in [2.45, 2.75) is 19.9 Å². The number of anilines is 1. The molecule has 1 aromatic carbocycles. The Morgan fingerprint density at radius 1 is 1.25 bits per heavy atom. The molecular weight excluding hydrogens is 266 g/mol. The number of rotatable bonds is 2. The van der Waals surface area contributed by atoms with Gasteiger partial charge in [0.1, 0.15) is 10.8 Å². The lowest BCUT2D eigenvalue weighted by Gasteiger charge is -2.30. The molecule has 20 heavy (non-hydrogen) atoms. The summed E-state index contributed by atoms with van der Waals surface area (Å²) in [5.74, 6) is 0.960. The van der Waals surface area contributed by atoms with Crippen LogP contribution in [-0.2, 0) is 13.0 Å². The normalized spacial score (nSPS) is 13.9. The number of pyridine rings is 1. The zero-order valence-corrected chi connectivity index (χ0v) is 12.3. The molecule has 0 fully saturated rings. The van der Waals surface area contributed by atoms with Gasteiger partial charge < -0.3 is 10.6 Å². The highest BCUT2D eigenvalue weighted by Gasteiger charge is 2.17. The Bertz CT molecular complexity index is 667. The van der Waals surface area contributed by atoms with Gasteiger partial charge in [0.15, 0.2) is 0 Å².